The van der Waals surface area contributed by atoms with Crippen molar-refractivity contribution in [3.63, 3.8) is 0 Å². The third-order valence-electron chi connectivity index (χ3n) is 2.20. The Balaban J connectivity index is 2.46. The fraction of sp³-hybridized carbons (Fsp3) is 0.167. The summed E-state index contributed by atoms with van der Waals surface area (Å²) in [6, 6.07) is 7.13. The predicted octanol–water partition coefficient (Wildman–Crippen LogP) is 2.94. The maximum atomic E-state index is 11.7. The Labute approximate surface area is 106 Å². The third kappa shape index (κ3) is 2.10. The number of Topliss-reactive ketones (excluding diaryl/α,β-unsaturated/α-hetero) is 1. The summed E-state index contributed by atoms with van der Waals surface area (Å²) < 4.78 is 10.4. The monoisotopic (exact) mass is 296 g/mol. The average Bonchev–Trinajstić information content (AvgIpc) is 2.67. The number of ether oxygens (including phenoxy) is 1. The Kier molecular flexibility index (Phi) is 3.28. The molecule has 2 rings (SSSR count). The number of furan rings is 1. The highest BCUT2D eigenvalue weighted by Gasteiger charge is 2.25. The summed E-state index contributed by atoms with van der Waals surface area (Å²) in [4.78, 5) is 23.0. The summed E-state index contributed by atoms with van der Waals surface area (Å²) in [5.41, 5.74) is 0.548. The molecule has 0 bridgehead atoms. The first-order valence-electron chi connectivity index (χ1n) is 5.03. The van der Waals surface area contributed by atoms with Crippen molar-refractivity contribution in [2.75, 3.05) is 6.61 Å². The van der Waals surface area contributed by atoms with E-state index in [0.29, 0.717) is 10.1 Å². The Morgan fingerprint density at radius 3 is 2.71 bits per heavy atom. The van der Waals surface area contributed by atoms with Crippen LogP contribution in [0.2, 0.25) is 0 Å². The van der Waals surface area contributed by atoms with E-state index in [1.807, 2.05) is 6.07 Å². The molecule has 5 heteroatoms. The van der Waals surface area contributed by atoms with E-state index in [1.54, 1.807) is 25.1 Å². The van der Waals surface area contributed by atoms with E-state index >= 15 is 0 Å². The number of rotatable bonds is 3. The molecular weight excluding hydrogens is 288 g/mol. The highest BCUT2D eigenvalue weighted by Crippen LogP contribution is 2.31. The van der Waals surface area contributed by atoms with E-state index in [-0.39, 0.29) is 12.4 Å². The van der Waals surface area contributed by atoms with Gasteiger partial charge in [0.25, 0.3) is 0 Å². The maximum absolute atomic E-state index is 11.7. The maximum Gasteiger partial charge on any atom is 0.383 e. The molecule has 0 saturated carbocycles. The first kappa shape index (κ1) is 11.9. The normalized spacial score (nSPS) is 10.5. The Morgan fingerprint density at radius 2 is 2.06 bits per heavy atom. The van der Waals surface area contributed by atoms with Gasteiger partial charge >= 0.3 is 11.8 Å². The summed E-state index contributed by atoms with van der Waals surface area (Å²) in [6.07, 6.45) is 0. The largest absolute Gasteiger partial charge is 0.460 e. The third-order valence-corrected chi connectivity index (χ3v) is 2.99. The standard InChI is InChI=1S/C12H9BrO4/c1-2-16-12(15)10(14)11-9(13)7-5-3-4-6-8(7)17-11/h3-6H,2H2,1H3. The zero-order valence-electron chi connectivity index (χ0n) is 9.03. The van der Waals surface area contributed by atoms with Gasteiger partial charge in [-0.15, -0.1) is 0 Å². The van der Waals surface area contributed by atoms with Crippen LogP contribution in [0.15, 0.2) is 33.2 Å². The van der Waals surface area contributed by atoms with Crippen LogP contribution in [0.5, 0.6) is 0 Å². The minimum Gasteiger partial charge on any atom is -0.460 e. The molecule has 0 amide bonds. The number of para-hydroxylation sites is 1. The number of hydrogen-bond acceptors (Lipinski definition) is 4. The molecule has 0 radical (unpaired) electrons. The van der Waals surface area contributed by atoms with Gasteiger partial charge < -0.3 is 9.15 Å². The molecule has 88 valence electrons. The van der Waals surface area contributed by atoms with Crippen molar-refractivity contribution in [1.82, 2.24) is 0 Å². The number of halogens is 1. The van der Waals surface area contributed by atoms with Crippen LogP contribution in [-0.2, 0) is 9.53 Å². The molecule has 0 N–H and O–H groups in total. The van der Waals surface area contributed by atoms with Gasteiger partial charge in [-0.2, -0.15) is 0 Å². The van der Waals surface area contributed by atoms with Crippen LogP contribution < -0.4 is 0 Å². The molecule has 1 aromatic carbocycles. The molecule has 1 aromatic heterocycles. The molecule has 0 aliphatic heterocycles. The highest BCUT2D eigenvalue weighted by atomic mass is 79.9. The van der Waals surface area contributed by atoms with Crippen LogP contribution in [0.4, 0.5) is 0 Å². The topological polar surface area (TPSA) is 56.5 Å². The number of hydrogen-bond donors (Lipinski definition) is 0. The number of carbonyl (C=O) groups excluding carboxylic acids is 2. The Hall–Kier alpha value is -1.62. The van der Waals surface area contributed by atoms with Crippen molar-refractivity contribution in [3.05, 3.63) is 34.5 Å². The molecule has 0 atom stereocenters. The predicted molar refractivity (Wildman–Crippen MR) is 64.9 cm³/mol. The van der Waals surface area contributed by atoms with Crippen LogP contribution in [0.1, 0.15) is 17.5 Å². The van der Waals surface area contributed by atoms with Crippen molar-refractivity contribution in [3.8, 4) is 0 Å². The molecule has 0 spiro atoms. The quantitative estimate of drug-likeness (QED) is 0.496. The smallest absolute Gasteiger partial charge is 0.383 e. The summed E-state index contributed by atoms with van der Waals surface area (Å²) in [7, 11) is 0. The average molecular weight is 297 g/mol. The van der Waals surface area contributed by atoms with Crippen LogP contribution in [0.3, 0.4) is 0 Å². The second-order valence-electron chi connectivity index (χ2n) is 3.29. The number of carbonyl (C=O) groups is 2. The summed E-state index contributed by atoms with van der Waals surface area (Å²) in [5.74, 6) is -1.72. The van der Waals surface area contributed by atoms with Gasteiger partial charge in [-0.3, -0.25) is 4.79 Å². The van der Waals surface area contributed by atoms with Gasteiger partial charge in [-0.05, 0) is 35.0 Å². The van der Waals surface area contributed by atoms with Gasteiger partial charge in [0.1, 0.15) is 5.58 Å². The van der Waals surface area contributed by atoms with E-state index in [9.17, 15) is 9.59 Å². The minimum absolute atomic E-state index is 0.0235. The molecule has 2 aromatic rings. The van der Waals surface area contributed by atoms with Gasteiger partial charge in [0.2, 0.25) is 0 Å². The van der Waals surface area contributed by atoms with E-state index in [4.69, 9.17) is 4.42 Å². The van der Waals surface area contributed by atoms with Gasteiger partial charge in [0.15, 0.2) is 5.76 Å². The summed E-state index contributed by atoms with van der Waals surface area (Å²) in [5, 5.41) is 0.750. The SMILES string of the molecule is CCOC(=O)C(=O)c1oc2ccccc2c1Br. The zero-order chi connectivity index (χ0) is 12.4. The lowest BCUT2D eigenvalue weighted by Gasteiger charge is -1.97. The Bertz CT molecular complexity index is 585. The van der Waals surface area contributed by atoms with E-state index in [1.165, 1.54) is 0 Å². The van der Waals surface area contributed by atoms with Gasteiger partial charge in [0.05, 0.1) is 11.1 Å². The molecule has 0 fully saturated rings. The molecule has 1 heterocycles. The minimum atomic E-state index is -0.910. The van der Waals surface area contributed by atoms with Crippen LogP contribution in [-0.4, -0.2) is 18.4 Å². The van der Waals surface area contributed by atoms with Crippen molar-refractivity contribution >= 4 is 38.7 Å². The van der Waals surface area contributed by atoms with Crippen LogP contribution in [0, 0.1) is 0 Å². The van der Waals surface area contributed by atoms with Crippen LogP contribution >= 0.6 is 15.9 Å². The van der Waals surface area contributed by atoms with Crippen LogP contribution in [0.25, 0.3) is 11.0 Å². The molecule has 0 unspecified atom stereocenters. The lowest BCUT2D eigenvalue weighted by Crippen LogP contribution is -2.17. The first-order chi connectivity index (χ1) is 8.15. The van der Waals surface area contributed by atoms with Gasteiger partial charge in [0, 0.05) is 5.39 Å². The second kappa shape index (κ2) is 4.71. The molecule has 0 saturated heterocycles. The van der Waals surface area contributed by atoms with E-state index in [2.05, 4.69) is 20.7 Å². The summed E-state index contributed by atoms with van der Waals surface area (Å²) in [6.45, 7) is 1.79. The first-order valence-corrected chi connectivity index (χ1v) is 5.83. The number of ketones is 1. The Morgan fingerprint density at radius 1 is 1.35 bits per heavy atom. The van der Waals surface area contributed by atoms with Crippen molar-refractivity contribution in [2.24, 2.45) is 0 Å². The highest BCUT2D eigenvalue weighted by molar-refractivity contribution is 9.10. The van der Waals surface area contributed by atoms with Gasteiger partial charge in [-0.25, -0.2) is 4.79 Å². The van der Waals surface area contributed by atoms with E-state index < -0.39 is 11.8 Å². The molecule has 17 heavy (non-hydrogen) atoms. The fourth-order valence-corrected chi connectivity index (χ4v) is 2.04. The number of fused-ring (bicyclic) bond motifs is 1. The second-order valence-corrected chi connectivity index (χ2v) is 4.08. The number of benzene rings is 1. The number of esters is 1. The lowest BCUT2D eigenvalue weighted by atomic mass is 10.2. The van der Waals surface area contributed by atoms with Crippen molar-refractivity contribution < 1.29 is 18.7 Å². The lowest BCUT2D eigenvalue weighted by molar-refractivity contribution is -0.137. The summed E-state index contributed by atoms with van der Waals surface area (Å²) >= 11 is 3.25. The fourth-order valence-electron chi connectivity index (χ4n) is 1.45. The van der Waals surface area contributed by atoms with Crippen molar-refractivity contribution in [1.29, 1.82) is 0 Å². The molecule has 4 nitrogen and oxygen atoms in total. The van der Waals surface area contributed by atoms with E-state index in [0.717, 1.165) is 5.39 Å². The zero-order valence-corrected chi connectivity index (χ0v) is 10.6. The molecular formula is C12H9BrO4. The van der Waals surface area contributed by atoms with Gasteiger partial charge in [-0.1, -0.05) is 12.1 Å². The van der Waals surface area contributed by atoms with Crippen molar-refractivity contribution in [2.45, 2.75) is 6.92 Å². The molecule has 0 aliphatic carbocycles. The molecule has 0 aliphatic rings.